The molecule has 1 saturated carbocycles. The zero-order valence-corrected chi connectivity index (χ0v) is 9.51. The van der Waals surface area contributed by atoms with Gasteiger partial charge in [0.2, 0.25) is 6.08 Å². The van der Waals surface area contributed by atoms with Crippen LogP contribution in [-0.4, -0.2) is 19.2 Å². The summed E-state index contributed by atoms with van der Waals surface area (Å²) in [4.78, 5) is 26.6. The summed E-state index contributed by atoms with van der Waals surface area (Å²) in [6, 6.07) is 6.82. The molecule has 0 atom stereocenters. The van der Waals surface area contributed by atoms with Crippen LogP contribution in [0.2, 0.25) is 0 Å². The molecule has 2 rings (SSSR count). The Hall–Kier alpha value is -2.13. The molecule has 0 heterocycles. The maximum absolute atomic E-state index is 11.1. The Morgan fingerprint density at radius 3 is 2.76 bits per heavy atom. The fourth-order valence-corrected chi connectivity index (χ4v) is 1.80. The van der Waals surface area contributed by atoms with Crippen LogP contribution >= 0.6 is 0 Å². The van der Waals surface area contributed by atoms with Crippen molar-refractivity contribution in [2.24, 2.45) is 10.7 Å². The highest BCUT2D eigenvalue weighted by Gasteiger charge is 2.44. The van der Waals surface area contributed by atoms with Crippen LogP contribution in [0.15, 0.2) is 29.3 Å². The van der Waals surface area contributed by atoms with Gasteiger partial charge in [0.1, 0.15) is 0 Å². The van der Waals surface area contributed by atoms with Gasteiger partial charge in [0.05, 0.1) is 5.54 Å². The van der Waals surface area contributed by atoms with Crippen molar-refractivity contribution in [3.63, 3.8) is 0 Å². The highest BCUT2D eigenvalue weighted by molar-refractivity contribution is 5.90. The number of carbonyl (C=O) groups is 1. The monoisotopic (exact) mass is 231 g/mol. The minimum atomic E-state index is -0.522. The second kappa shape index (κ2) is 4.03. The van der Waals surface area contributed by atoms with Crippen LogP contribution < -0.4 is 10.6 Å². The summed E-state index contributed by atoms with van der Waals surface area (Å²) in [5.74, 6) is 0. The topological polar surface area (TPSA) is 75.8 Å². The van der Waals surface area contributed by atoms with E-state index in [9.17, 15) is 9.59 Å². The molecule has 1 aliphatic rings. The number of benzene rings is 1. The minimum Gasteiger partial charge on any atom is -0.351 e. The Labute approximate surface area is 98.9 Å². The first kappa shape index (κ1) is 11.4. The van der Waals surface area contributed by atoms with Crippen molar-refractivity contribution in [2.45, 2.75) is 18.4 Å². The van der Waals surface area contributed by atoms with Gasteiger partial charge >= 0.3 is 6.03 Å². The lowest BCUT2D eigenvalue weighted by molar-refractivity contribution is 0.255. The standard InChI is InChI=1S/C12H13N3O2/c1-15(11(13)17)10-4-2-3-9(7-10)12(5-6-12)14-8-16/h2-4,7H,5-6H2,1H3,(H2,13,17). The number of hydrogen-bond donors (Lipinski definition) is 1. The normalized spacial score (nSPS) is 15.8. The number of rotatable bonds is 3. The molecule has 0 unspecified atom stereocenters. The molecule has 1 fully saturated rings. The van der Waals surface area contributed by atoms with Gasteiger partial charge in [-0.25, -0.2) is 9.59 Å². The lowest BCUT2D eigenvalue weighted by atomic mass is 10.0. The highest BCUT2D eigenvalue weighted by Crippen LogP contribution is 2.49. The lowest BCUT2D eigenvalue weighted by Crippen LogP contribution is -2.31. The second-order valence-corrected chi connectivity index (χ2v) is 4.18. The third kappa shape index (κ3) is 2.05. The number of amides is 2. The Bertz CT molecular complexity index is 502. The van der Waals surface area contributed by atoms with Crippen molar-refractivity contribution in [2.75, 3.05) is 11.9 Å². The molecule has 2 N–H and O–H groups in total. The molecule has 0 bridgehead atoms. The zero-order chi connectivity index (χ0) is 12.5. The largest absolute Gasteiger partial charge is 0.351 e. The van der Waals surface area contributed by atoms with Gasteiger partial charge in [-0.3, -0.25) is 4.90 Å². The lowest BCUT2D eigenvalue weighted by Gasteiger charge is -2.16. The van der Waals surface area contributed by atoms with Crippen molar-refractivity contribution in [3.05, 3.63) is 29.8 Å². The molecule has 88 valence electrons. The van der Waals surface area contributed by atoms with Crippen molar-refractivity contribution in [1.29, 1.82) is 0 Å². The van der Waals surface area contributed by atoms with Crippen LogP contribution in [-0.2, 0) is 10.3 Å². The van der Waals surface area contributed by atoms with Gasteiger partial charge in [0.25, 0.3) is 0 Å². The maximum Gasteiger partial charge on any atom is 0.318 e. The number of urea groups is 1. The molecule has 1 aromatic carbocycles. The molecular weight excluding hydrogens is 218 g/mol. The summed E-state index contributed by atoms with van der Waals surface area (Å²) in [6.07, 6.45) is 3.29. The number of carbonyl (C=O) groups excluding carboxylic acids is 2. The van der Waals surface area contributed by atoms with E-state index in [1.54, 1.807) is 19.2 Å². The van der Waals surface area contributed by atoms with Crippen LogP contribution in [0.4, 0.5) is 10.5 Å². The number of anilines is 1. The molecule has 0 radical (unpaired) electrons. The number of aliphatic imine (C=N–C) groups is 1. The van der Waals surface area contributed by atoms with Crippen molar-refractivity contribution in [1.82, 2.24) is 0 Å². The van der Waals surface area contributed by atoms with Crippen molar-refractivity contribution in [3.8, 4) is 0 Å². The molecule has 0 aliphatic heterocycles. The van der Waals surface area contributed by atoms with Crippen LogP contribution in [0.5, 0.6) is 0 Å². The number of nitrogens with zero attached hydrogens (tertiary/aromatic N) is 2. The van der Waals surface area contributed by atoms with Crippen LogP contribution in [0.1, 0.15) is 18.4 Å². The van der Waals surface area contributed by atoms with E-state index in [0.717, 1.165) is 18.4 Å². The maximum atomic E-state index is 11.1. The molecule has 5 nitrogen and oxygen atoms in total. The summed E-state index contributed by atoms with van der Waals surface area (Å²) in [5, 5.41) is 0. The van der Waals surface area contributed by atoms with E-state index in [1.165, 1.54) is 4.90 Å². The summed E-state index contributed by atoms with van der Waals surface area (Å²) in [6.45, 7) is 0. The quantitative estimate of drug-likeness (QED) is 0.632. The number of primary amides is 1. The second-order valence-electron chi connectivity index (χ2n) is 4.18. The summed E-state index contributed by atoms with van der Waals surface area (Å²) >= 11 is 0. The Balaban J connectivity index is 2.35. The fraction of sp³-hybridized carbons (Fsp3) is 0.333. The molecule has 5 heteroatoms. The predicted octanol–water partition coefficient (Wildman–Crippen LogP) is 1.53. The molecule has 17 heavy (non-hydrogen) atoms. The van der Waals surface area contributed by atoms with Gasteiger partial charge in [-0.05, 0) is 30.5 Å². The third-order valence-electron chi connectivity index (χ3n) is 3.08. The van der Waals surface area contributed by atoms with Gasteiger partial charge < -0.3 is 5.73 Å². The predicted molar refractivity (Wildman–Crippen MR) is 63.5 cm³/mol. The van der Waals surface area contributed by atoms with Crippen molar-refractivity contribution >= 4 is 17.8 Å². The van der Waals surface area contributed by atoms with E-state index in [4.69, 9.17) is 5.73 Å². The van der Waals surface area contributed by atoms with E-state index in [0.29, 0.717) is 5.69 Å². The Kier molecular flexibility index (Phi) is 2.69. The third-order valence-corrected chi connectivity index (χ3v) is 3.08. The van der Waals surface area contributed by atoms with E-state index in [1.807, 2.05) is 18.2 Å². The van der Waals surface area contributed by atoms with Crippen LogP contribution in [0, 0.1) is 0 Å². The summed E-state index contributed by atoms with van der Waals surface area (Å²) < 4.78 is 0. The van der Waals surface area contributed by atoms with Gasteiger partial charge in [-0.1, -0.05) is 12.1 Å². The first-order valence-corrected chi connectivity index (χ1v) is 5.32. The molecule has 0 spiro atoms. The molecule has 2 amide bonds. The van der Waals surface area contributed by atoms with E-state index < -0.39 is 11.6 Å². The minimum absolute atomic E-state index is 0.420. The molecule has 1 aromatic rings. The van der Waals surface area contributed by atoms with E-state index in [-0.39, 0.29) is 0 Å². The molecule has 0 aromatic heterocycles. The Morgan fingerprint density at radius 2 is 2.24 bits per heavy atom. The first-order chi connectivity index (χ1) is 8.09. The summed E-state index contributed by atoms with van der Waals surface area (Å²) in [7, 11) is 1.60. The molecular formula is C12H13N3O2. The van der Waals surface area contributed by atoms with Crippen molar-refractivity contribution < 1.29 is 9.59 Å². The average molecular weight is 231 g/mol. The molecule has 1 aliphatic carbocycles. The van der Waals surface area contributed by atoms with Crippen LogP contribution in [0.25, 0.3) is 0 Å². The first-order valence-electron chi connectivity index (χ1n) is 5.32. The highest BCUT2D eigenvalue weighted by atomic mass is 16.2. The van der Waals surface area contributed by atoms with Gasteiger partial charge in [-0.2, -0.15) is 4.99 Å². The number of hydrogen-bond acceptors (Lipinski definition) is 3. The van der Waals surface area contributed by atoms with Gasteiger partial charge in [0.15, 0.2) is 0 Å². The number of isocyanates is 1. The Morgan fingerprint density at radius 1 is 1.53 bits per heavy atom. The van der Waals surface area contributed by atoms with Gasteiger partial charge in [-0.15, -0.1) is 0 Å². The molecule has 0 saturated heterocycles. The van der Waals surface area contributed by atoms with E-state index >= 15 is 0 Å². The van der Waals surface area contributed by atoms with E-state index in [2.05, 4.69) is 4.99 Å². The number of nitrogens with two attached hydrogens (primary N) is 1. The fourth-order valence-electron chi connectivity index (χ4n) is 1.80. The van der Waals surface area contributed by atoms with Gasteiger partial charge in [0, 0.05) is 12.7 Å². The SMILES string of the molecule is CN(C(N)=O)c1cccc(C2(N=C=O)CC2)c1. The smallest absolute Gasteiger partial charge is 0.318 e. The zero-order valence-electron chi connectivity index (χ0n) is 9.51. The summed E-state index contributed by atoms with van der Waals surface area (Å²) in [5.41, 5.74) is 6.40. The average Bonchev–Trinajstić information content (AvgIpc) is 3.10. The van der Waals surface area contributed by atoms with Crippen LogP contribution in [0.3, 0.4) is 0 Å².